The van der Waals surface area contributed by atoms with Crippen molar-refractivity contribution in [1.29, 1.82) is 0 Å². The molecule has 0 saturated carbocycles. The van der Waals surface area contributed by atoms with Crippen LogP contribution in [0.2, 0.25) is 0 Å². The normalized spacial score (nSPS) is 12.3. The van der Waals surface area contributed by atoms with Crippen LogP contribution in [0.25, 0.3) is 11.0 Å². The van der Waals surface area contributed by atoms with Gasteiger partial charge in [-0.1, -0.05) is 13.0 Å². The third kappa shape index (κ3) is 2.72. The molecule has 0 spiro atoms. The Morgan fingerprint density at radius 3 is 2.67 bits per heavy atom. The van der Waals surface area contributed by atoms with Crippen molar-refractivity contribution in [3.63, 3.8) is 0 Å². The predicted molar refractivity (Wildman–Crippen MR) is 76.7 cm³/mol. The van der Waals surface area contributed by atoms with Crippen LogP contribution in [0.3, 0.4) is 0 Å². The van der Waals surface area contributed by atoms with E-state index < -0.39 is 0 Å². The Labute approximate surface area is 109 Å². The molecule has 0 atom stereocenters. The van der Waals surface area contributed by atoms with Gasteiger partial charge in [0.1, 0.15) is 5.82 Å². The largest absolute Gasteiger partial charge is 0.331 e. The molecule has 0 radical (unpaired) electrons. The third-order valence-corrected chi connectivity index (χ3v) is 3.41. The first-order chi connectivity index (χ1) is 8.40. The van der Waals surface area contributed by atoms with Crippen molar-refractivity contribution in [2.45, 2.75) is 45.6 Å². The number of aromatic nitrogens is 2. The van der Waals surface area contributed by atoms with E-state index in [4.69, 9.17) is 5.73 Å². The molecule has 2 N–H and O–H groups in total. The van der Waals surface area contributed by atoms with Crippen LogP contribution in [0.5, 0.6) is 0 Å². The Morgan fingerprint density at radius 1 is 1.33 bits per heavy atom. The fraction of sp³-hybridized carbons (Fsp3) is 0.533. The Hall–Kier alpha value is -1.35. The summed E-state index contributed by atoms with van der Waals surface area (Å²) in [5.41, 5.74) is 9.58. The molecule has 2 rings (SSSR count). The van der Waals surface area contributed by atoms with Crippen LogP contribution in [-0.2, 0) is 19.9 Å². The number of imidazole rings is 1. The number of nitrogens with zero attached hydrogens (tertiary/aromatic N) is 2. The van der Waals surface area contributed by atoms with Crippen LogP contribution in [0.15, 0.2) is 18.2 Å². The molecule has 1 aromatic carbocycles. The maximum absolute atomic E-state index is 6.03. The van der Waals surface area contributed by atoms with E-state index in [0.29, 0.717) is 0 Å². The summed E-state index contributed by atoms with van der Waals surface area (Å²) in [5.74, 6) is 1.14. The maximum Gasteiger partial charge on any atom is 0.109 e. The van der Waals surface area contributed by atoms with Crippen LogP contribution < -0.4 is 5.73 Å². The van der Waals surface area contributed by atoms with Gasteiger partial charge in [0.2, 0.25) is 0 Å². The summed E-state index contributed by atoms with van der Waals surface area (Å²) in [4.78, 5) is 4.62. The topological polar surface area (TPSA) is 43.8 Å². The zero-order valence-electron chi connectivity index (χ0n) is 11.8. The van der Waals surface area contributed by atoms with Crippen LogP contribution in [0.4, 0.5) is 0 Å². The molecule has 98 valence electrons. The molecule has 1 aromatic heterocycles. The first-order valence-electron chi connectivity index (χ1n) is 6.64. The molecule has 2 aromatic rings. The zero-order valence-corrected chi connectivity index (χ0v) is 11.8. The third-order valence-electron chi connectivity index (χ3n) is 3.41. The lowest BCUT2D eigenvalue weighted by Crippen LogP contribution is -2.32. The SMILES string of the molecule is CCc1nc2ccc(CCC(C)(C)N)cc2n1C. The van der Waals surface area contributed by atoms with Crippen LogP contribution >= 0.6 is 0 Å². The minimum atomic E-state index is -0.101. The minimum Gasteiger partial charge on any atom is -0.331 e. The van der Waals surface area contributed by atoms with Gasteiger partial charge in [0, 0.05) is 19.0 Å². The van der Waals surface area contributed by atoms with Gasteiger partial charge in [0.25, 0.3) is 0 Å². The summed E-state index contributed by atoms with van der Waals surface area (Å²) >= 11 is 0. The molecule has 3 heteroatoms. The minimum absolute atomic E-state index is 0.101. The molecular formula is C15H23N3. The average molecular weight is 245 g/mol. The van der Waals surface area contributed by atoms with E-state index in [9.17, 15) is 0 Å². The van der Waals surface area contributed by atoms with E-state index in [1.54, 1.807) is 0 Å². The summed E-state index contributed by atoms with van der Waals surface area (Å²) < 4.78 is 2.19. The zero-order chi connectivity index (χ0) is 13.3. The molecule has 1 heterocycles. The smallest absolute Gasteiger partial charge is 0.109 e. The van der Waals surface area contributed by atoms with Gasteiger partial charge in [-0.2, -0.15) is 0 Å². The number of hydrogen-bond acceptors (Lipinski definition) is 2. The molecule has 3 nitrogen and oxygen atoms in total. The maximum atomic E-state index is 6.03. The van der Waals surface area contributed by atoms with Crippen LogP contribution in [0, 0.1) is 0 Å². The number of rotatable bonds is 4. The number of nitrogens with two attached hydrogens (primary N) is 1. The van der Waals surface area contributed by atoms with Crippen molar-refractivity contribution in [2.24, 2.45) is 12.8 Å². The van der Waals surface area contributed by atoms with Crippen molar-refractivity contribution in [3.8, 4) is 0 Å². The van der Waals surface area contributed by atoms with Gasteiger partial charge in [0.15, 0.2) is 0 Å². The fourth-order valence-corrected chi connectivity index (χ4v) is 2.22. The number of hydrogen-bond donors (Lipinski definition) is 1. The second kappa shape index (κ2) is 4.73. The summed E-state index contributed by atoms with van der Waals surface area (Å²) in [5, 5.41) is 0. The monoisotopic (exact) mass is 245 g/mol. The van der Waals surface area contributed by atoms with Crippen LogP contribution in [-0.4, -0.2) is 15.1 Å². The quantitative estimate of drug-likeness (QED) is 0.900. The van der Waals surface area contributed by atoms with Gasteiger partial charge in [-0.05, 0) is 44.4 Å². The van der Waals surface area contributed by atoms with Gasteiger partial charge < -0.3 is 10.3 Å². The van der Waals surface area contributed by atoms with Gasteiger partial charge in [0.05, 0.1) is 11.0 Å². The van der Waals surface area contributed by atoms with E-state index >= 15 is 0 Å². The molecule has 0 fully saturated rings. The van der Waals surface area contributed by atoms with Gasteiger partial charge in [-0.3, -0.25) is 0 Å². The molecule has 0 unspecified atom stereocenters. The van der Waals surface area contributed by atoms with Gasteiger partial charge in [-0.15, -0.1) is 0 Å². The second-order valence-corrected chi connectivity index (χ2v) is 5.75. The Balaban J connectivity index is 2.29. The lowest BCUT2D eigenvalue weighted by atomic mass is 9.96. The number of fused-ring (bicyclic) bond motifs is 1. The highest BCUT2D eigenvalue weighted by atomic mass is 15.1. The van der Waals surface area contributed by atoms with Crippen molar-refractivity contribution in [2.75, 3.05) is 0 Å². The first-order valence-corrected chi connectivity index (χ1v) is 6.64. The van der Waals surface area contributed by atoms with Gasteiger partial charge >= 0.3 is 0 Å². The Morgan fingerprint density at radius 2 is 2.06 bits per heavy atom. The average Bonchev–Trinajstić information content (AvgIpc) is 2.63. The predicted octanol–water partition coefficient (Wildman–Crippen LogP) is 2.81. The van der Waals surface area contributed by atoms with E-state index in [1.165, 1.54) is 11.1 Å². The molecule has 18 heavy (non-hydrogen) atoms. The van der Waals surface area contributed by atoms with Crippen molar-refractivity contribution in [1.82, 2.24) is 9.55 Å². The molecule has 0 saturated heterocycles. The highest BCUT2D eigenvalue weighted by Gasteiger charge is 2.11. The van der Waals surface area contributed by atoms with E-state index in [-0.39, 0.29) is 5.54 Å². The highest BCUT2D eigenvalue weighted by molar-refractivity contribution is 5.76. The van der Waals surface area contributed by atoms with E-state index in [0.717, 1.165) is 30.6 Å². The number of benzene rings is 1. The molecule has 0 amide bonds. The fourth-order valence-electron chi connectivity index (χ4n) is 2.22. The van der Waals surface area contributed by atoms with Crippen molar-refractivity contribution in [3.05, 3.63) is 29.6 Å². The molecule has 0 aliphatic heterocycles. The summed E-state index contributed by atoms with van der Waals surface area (Å²) in [6.45, 7) is 6.29. The first kappa shape index (κ1) is 13.1. The second-order valence-electron chi connectivity index (χ2n) is 5.75. The molecule has 0 aliphatic carbocycles. The summed E-state index contributed by atoms with van der Waals surface area (Å²) in [6, 6.07) is 6.53. The lowest BCUT2D eigenvalue weighted by Gasteiger charge is -2.17. The Bertz CT molecular complexity index is 547. The van der Waals surface area contributed by atoms with Crippen molar-refractivity contribution >= 4 is 11.0 Å². The van der Waals surface area contributed by atoms with Gasteiger partial charge in [-0.25, -0.2) is 4.98 Å². The number of aryl methyl sites for hydroxylation is 3. The van der Waals surface area contributed by atoms with Crippen LogP contribution in [0.1, 0.15) is 38.6 Å². The van der Waals surface area contributed by atoms with E-state index in [1.807, 2.05) is 0 Å². The van der Waals surface area contributed by atoms with E-state index in [2.05, 4.69) is 55.6 Å². The molecule has 0 bridgehead atoms. The van der Waals surface area contributed by atoms with Crippen molar-refractivity contribution < 1.29 is 0 Å². The highest BCUT2D eigenvalue weighted by Crippen LogP contribution is 2.19. The standard InChI is InChI=1S/C15H23N3/c1-5-14-17-12-7-6-11(8-9-15(2,3)16)10-13(12)18(14)4/h6-7,10H,5,8-9,16H2,1-4H3. The summed E-state index contributed by atoms with van der Waals surface area (Å²) in [6.07, 6.45) is 2.99. The lowest BCUT2D eigenvalue weighted by molar-refractivity contribution is 0.477. The Kier molecular flexibility index (Phi) is 3.44. The molecule has 0 aliphatic rings. The molecular weight excluding hydrogens is 222 g/mol. The summed E-state index contributed by atoms with van der Waals surface area (Å²) in [7, 11) is 2.09.